The molecule has 6 heteroatoms. The van der Waals surface area contributed by atoms with Crippen LogP contribution in [-0.2, 0) is 4.79 Å². The van der Waals surface area contributed by atoms with Gasteiger partial charge in [-0.25, -0.2) is 4.99 Å². The first-order valence-electron chi connectivity index (χ1n) is 7.60. The standard InChI is InChI=1S/C14H26N4O.HI/c15-14(17-12-7-3-1-4-8-12)16-11-13(19)18-9-5-2-6-10-18;/h12H,1-11H2,(H3,15,16,17);1H. The van der Waals surface area contributed by atoms with Crippen molar-refractivity contribution in [1.82, 2.24) is 10.2 Å². The minimum Gasteiger partial charge on any atom is -0.370 e. The largest absolute Gasteiger partial charge is 0.370 e. The number of halogens is 1. The van der Waals surface area contributed by atoms with Crippen molar-refractivity contribution >= 4 is 35.8 Å². The van der Waals surface area contributed by atoms with E-state index in [0.717, 1.165) is 38.8 Å². The van der Waals surface area contributed by atoms with E-state index in [1.807, 2.05) is 4.90 Å². The summed E-state index contributed by atoms with van der Waals surface area (Å²) in [5.74, 6) is 0.533. The Labute approximate surface area is 138 Å². The van der Waals surface area contributed by atoms with Crippen LogP contribution in [0.2, 0.25) is 0 Å². The lowest BCUT2D eigenvalue weighted by atomic mass is 9.96. The lowest BCUT2D eigenvalue weighted by Gasteiger charge is -2.26. The van der Waals surface area contributed by atoms with Crippen LogP contribution in [0.4, 0.5) is 0 Å². The minimum atomic E-state index is 0. The zero-order valence-corrected chi connectivity index (χ0v) is 14.5. The molecule has 0 unspecified atom stereocenters. The van der Waals surface area contributed by atoms with Crippen molar-refractivity contribution in [3.8, 4) is 0 Å². The summed E-state index contributed by atoms with van der Waals surface area (Å²) < 4.78 is 0. The summed E-state index contributed by atoms with van der Waals surface area (Å²) in [7, 11) is 0. The predicted molar refractivity (Wildman–Crippen MR) is 92.3 cm³/mol. The number of carbonyl (C=O) groups excluding carboxylic acids is 1. The molecule has 1 aliphatic heterocycles. The fourth-order valence-electron chi connectivity index (χ4n) is 2.90. The van der Waals surface area contributed by atoms with Crippen molar-refractivity contribution < 1.29 is 4.79 Å². The molecule has 0 aromatic heterocycles. The number of nitrogens with zero attached hydrogens (tertiary/aromatic N) is 2. The van der Waals surface area contributed by atoms with Gasteiger partial charge in [-0.2, -0.15) is 0 Å². The zero-order valence-electron chi connectivity index (χ0n) is 12.1. The van der Waals surface area contributed by atoms with E-state index in [1.54, 1.807) is 0 Å². The average molecular weight is 394 g/mol. The molecule has 0 aromatic rings. The first-order chi connectivity index (χ1) is 9.25. The first-order valence-corrected chi connectivity index (χ1v) is 7.60. The highest BCUT2D eigenvalue weighted by Crippen LogP contribution is 2.17. The molecule has 5 nitrogen and oxygen atoms in total. The average Bonchev–Trinajstić information content (AvgIpc) is 2.47. The summed E-state index contributed by atoms with van der Waals surface area (Å²) in [6.07, 6.45) is 9.64. The van der Waals surface area contributed by atoms with Crippen molar-refractivity contribution in [1.29, 1.82) is 0 Å². The maximum absolute atomic E-state index is 11.9. The van der Waals surface area contributed by atoms with E-state index in [0.29, 0.717) is 12.0 Å². The number of guanidine groups is 1. The molecular weight excluding hydrogens is 367 g/mol. The number of rotatable bonds is 3. The summed E-state index contributed by atoms with van der Waals surface area (Å²) in [6.45, 7) is 1.94. The molecule has 1 saturated carbocycles. The SMILES string of the molecule is I.NC(=NCC(=O)N1CCCCC1)NC1CCCCC1. The molecule has 1 amide bonds. The van der Waals surface area contributed by atoms with Gasteiger partial charge in [-0.1, -0.05) is 19.3 Å². The highest BCUT2D eigenvalue weighted by molar-refractivity contribution is 14.0. The second-order valence-electron chi connectivity index (χ2n) is 5.62. The molecule has 20 heavy (non-hydrogen) atoms. The van der Waals surface area contributed by atoms with Crippen LogP contribution >= 0.6 is 24.0 Å². The van der Waals surface area contributed by atoms with Crippen molar-refractivity contribution in [2.45, 2.75) is 57.4 Å². The Morgan fingerprint density at radius 3 is 2.35 bits per heavy atom. The van der Waals surface area contributed by atoms with E-state index >= 15 is 0 Å². The van der Waals surface area contributed by atoms with Crippen LogP contribution in [0, 0.1) is 0 Å². The van der Waals surface area contributed by atoms with E-state index in [1.165, 1.54) is 25.7 Å². The maximum Gasteiger partial charge on any atom is 0.244 e. The van der Waals surface area contributed by atoms with Crippen molar-refractivity contribution in [2.24, 2.45) is 10.7 Å². The van der Waals surface area contributed by atoms with Crippen LogP contribution in [-0.4, -0.2) is 42.4 Å². The third-order valence-electron chi connectivity index (χ3n) is 4.05. The Morgan fingerprint density at radius 1 is 1.10 bits per heavy atom. The number of carbonyl (C=O) groups is 1. The van der Waals surface area contributed by atoms with Crippen LogP contribution in [0.15, 0.2) is 4.99 Å². The third-order valence-corrected chi connectivity index (χ3v) is 4.05. The van der Waals surface area contributed by atoms with Gasteiger partial charge in [0.1, 0.15) is 6.54 Å². The maximum atomic E-state index is 11.9. The zero-order chi connectivity index (χ0) is 13.5. The fourth-order valence-corrected chi connectivity index (χ4v) is 2.90. The summed E-state index contributed by atoms with van der Waals surface area (Å²) in [5.41, 5.74) is 5.85. The van der Waals surface area contributed by atoms with Crippen LogP contribution in [0.25, 0.3) is 0 Å². The topological polar surface area (TPSA) is 70.7 Å². The van der Waals surface area contributed by atoms with Crippen LogP contribution < -0.4 is 11.1 Å². The minimum absolute atomic E-state index is 0. The molecule has 2 fully saturated rings. The van der Waals surface area contributed by atoms with Crippen LogP contribution in [0.5, 0.6) is 0 Å². The van der Waals surface area contributed by atoms with Gasteiger partial charge in [-0.3, -0.25) is 4.79 Å². The molecule has 1 aliphatic carbocycles. The highest BCUT2D eigenvalue weighted by atomic mass is 127. The van der Waals surface area contributed by atoms with Crippen molar-refractivity contribution in [2.75, 3.05) is 19.6 Å². The van der Waals surface area contributed by atoms with Gasteiger partial charge < -0.3 is 16.0 Å². The Hall–Kier alpha value is -0.530. The number of aliphatic imine (C=N–C) groups is 1. The summed E-state index contributed by atoms with van der Waals surface area (Å²) in [4.78, 5) is 18.0. The van der Waals surface area contributed by atoms with Crippen molar-refractivity contribution in [3.05, 3.63) is 0 Å². The second kappa shape index (κ2) is 9.41. The summed E-state index contributed by atoms with van der Waals surface area (Å²) >= 11 is 0. The molecule has 0 radical (unpaired) electrons. The number of likely N-dealkylation sites (tertiary alicyclic amines) is 1. The van der Waals surface area contributed by atoms with E-state index < -0.39 is 0 Å². The molecule has 0 bridgehead atoms. The normalized spacial score (nSPS) is 21.2. The van der Waals surface area contributed by atoms with E-state index in [2.05, 4.69) is 10.3 Å². The third kappa shape index (κ3) is 5.85. The van der Waals surface area contributed by atoms with Gasteiger partial charge in [0.15, 0.2) is 5.96 Å². The van der Waals surface area contributed by atoms with Crippen molar-refractivity contribution in [3.63, 3.8) is 0 Å². The summed E-state index contributed by atoms with van der Waals surface area (Å²) in [6, 6.07) is 0.447. The fraction of sp³-hybridized carbons (Fsp3) is 0.857. The Balaban J connectivity index is 0.00000200. The molecule has 1 saturated heterocycles. The first kappa shape index (κ1) is 17.5. The van der Waals surface area contributed by atoms with Gasteiger partial charge in [0.2, 0.25) is 5.91 Å². The predicted octanol–water partition coefficient (Wildman–Crippen LogP) is 1.85. The molecule has 2 aliphatic rings. The number of piperidine rings is 1. The van der Waals surface area contributed by atoms with Gasteiger partial charge in [-0.05, 0) is 32.1 Å². The van der Waals surface area contributed by atoms with Crippen LogP contribution in [0.3, 0.4) is 0 Å². The Kier molecular flexibility index (Phi) is 8.25. The highest BCUT2D eigenvalue weighted by Gasteiger charge is 2.16. The van der Waals surface area contributed by atoms with Gasteiger partial charge in [0.25, 0.3) is 0 Å². The van der Waals surface area contributed by atoms with Gasteiger partial charge in [-0.15, -0.1) is 24.0 Å². The molecule has 0 spiro atoms. The second-order valence-corrected chi connectivity index (χ2v) is 5.62. The van der Waals surface area contributed by atoms with Gasteiger partial charge >= 0.3 is 0 Å². The van der Waals surface area contributed by atoms with Crippen LogP contribution in [0.1, 0.15) is 51.4 Å². The molecule has 3 N–H and O–H groups in total. The number of hydrogen-bond acceptors (Lipinski definition) is 2. The van der Waals surface area contributed by atoms with E-state index in [4.69, 9.17) is 5.73 Å². The molecule has 2 rings (SSSR count). The quantitative estimate of drug-likeness (QED) is 0.436. The molecule has 116 valence electrons. The molecular formula is C14H27IN4O. The molecule has 0 aromatic carbocycles. The Morgan fingerprint density at radius 2 is 1.70 bits per heavy atom. The van der Waals surface area contributed by atoms with E-state index in [-0.39, 0.29) is 36.4 Å². The lowest BCUT2D eigenvalue weighted by Crippen LogP contribution is -2.42. The number of amides is 1. The lowest BCUT2D eigenvalue weighted by molar-refractivity contribution is -0.130. The smallest absolute Gasteiger partial charge is 0.244 e. The number of hydrogen-bond donors (Lipinski definition) is 2. The van der Waals surface area contributed by atoms with Gasteiger partial charge in [0.05, 0.1) is 0 Å². The summed E-state index contributed by atoms with van der Waals surface area (Å²) in [5, 5.41) is 3.23. The number of nitrogens with two attached hydrogens (primary N) is 1. The van der Waals surface area contributed by atoms with E-state index in [9.17, 15) is 4.79 Å². The molecule has 1 heterocycles. The number of nitrogens with one attached hydrogen (secondary N) is 1. The van der Waals surface area contributed by atoms with Gasteiger partial charge in [0, 0.05) is 19.1 Å². The Bertz CT molecular complexity index is 323. The molecule has 0 atom stereocenters. The monoisotopic (exact) mass is 394 g/mol.